The number of rotatable bonds is 7. The summed E-state index contributed by atoms with van der Waals surface area (Å²) in [6.45, 7) is -0.134. The number of aliphatic hydroxyl groups is 1. The van der Waals surface area contributed by atoms with Crippen LogP contribution in [0.25, 0.3) is 12.2 Å². The quantitative estimate of drug-likeness (QED) is 0.436. The van der Waals surface area contributed by atoms with E-state index >= 15 is 0 Å². The van der Waals surface area contributed by atoms with Gasteiger partial charge in [-0.25, -0.2) is 0 Å². The van der Waals surface area contributed by atoms with Crippen LogP contribution in [0.4, 0.5) is 5.69 Å². The molecular formula is C24H24N2O2. The summed E-state index contributed by atoms with van der Waals surface area (Å²) >= 11 is 0. The van der Waals surface area contributed by atoms with Gasteiger partial charge in [-0.1, -0.05) is 72.8 Å². The minimum Gasteiger partial charge on any atom is -0.399 e. The Bertz CT molecular complexity index is 937. The van der Waals surface area contributed by atoms with Gasteiger partial charge in [0.1, 0.15) is 0 Å². The summed E-state index contributed by atoms with van der Waals surface area (Å²) in [5, 5.41) is 12.6. The highest BCUT2D eigenvalue weighted by atomic mass is 16.3. The predicted molar refractivity (Wildman–Crippen MR) is 115 cm³/mol. The normalized spacial score (nSPS) is 12.0. The van der Waals surface area contributed by atoms with E-state index in [1.165, 1.54) is 0 Å². The molecule has 1 amide bonds. The standard InChI is InChI=1S/C24H24N2O2/c25-21-13-14-23(20(16-21)12-11-18-7-3-1-4-8-18)24(28)26-22(17-27)15-19-9-5-2-6-10-19/h1-14,16,22,27H,15,17,25H2,(H,26,28). The van der Waals surface area contributed by atoms with Crippen LogP contribution in [0.15, 0.2) is 78.9 Å². The smallest absolute Gasteiger partial charge is 0.252 e. The zero-order chi connectivity index (χ0) is 19.8. The fourth-order valence-electron chi connectivity index (χ4n) is 3.00. The average Bonchev–Trinajstić information content (AvgIpc) is 2.73. The molecule has 0 heterocycles. The second kappa shape index (κ2) is 9.53. The highest BCUT2D eigenvalue weighted by Crippen LogP contribution is 2.18. The number of hydrogen-bond acceptors (Lipinski definition) is 3. The van der Waals surface area contributed by atoms with Gasteiger partial charge in [-0.2, -0.15) is 0 Å². The van der Waals surface area contributed by atoms with E-state index in [1.54, 1.807) is 18.2 Å². The van der Waals surface area contributed by atoms with Crippen molar-refractivity contribution in [1.82, 2.24) is 5.32 Å². The number of amides is 1. The summed E-state index contributed by atoms with van der Waals surface area (Å²) in [5.74, 6) is -0.234. The SMILES string of the molecule is Nc1ccc(C(=O)NC(CO)Cc2ccccc2)c(C=Cc2ccccc2)c1. The molecule has 1 atom stereocenters. The Hall–Kier alpha value is -3.37. The molecule has 0 bridgehead atoms. The first-order chi connectivity index (χ1) is 13.7. The Morgan fingerprint density at radius 1 is 0.964 bits per heavy atom. The third-order valence-corrected chi connectivity index (χ3v) is 4.46. The van der Waals surface area contributed by atoms with Crippen molar-refractivity contribution >= 4 is 23.7 Å². The van der Waals surface area contributed by atoms with Gasteiger partial charge < -0.3 is 16.2 Å². The van der Waals surface area contributed by atoms with Gasteiger partial charge in [0, 0.05) is 11.3 Å². The lowest BCUT2D eigenvalue weighted by molar-refractivity contribution is 0.0916. The van der Waals surface area contributed by atoms with Crippen LogP contribution in [0.5, 0.6) is 0 Å². The molecule has 0 aliphatic rings. The van der Waals surface area contributed by atoms with Crippen molar-refractivity contribution in [1.29, 1.82) is 0 Å². The van der Waals surface area contributed by atoms with Crippen LogP contribution >= 0.6 is 0 Å². The number of aliphatic hydroxyl groups excluding tert-OH is 1. The van der Waals surface area contributed by atoms with Crippen LogP contribution < -0.4 is 11.1 Å². The molecule has 3 aromatic carbocycles. The van der Waals surface area contributed by atoms with E-state index < -0.39 is 0 Å². The van der Waals surface area contributed by atoms with Gasteiger partial charge in [-0.3, -0.25) is 4.79 Å². The zero-order valence-corrected chi connectivity index (χ0v) is 15.6. The zero-order valence-electron chi connectivity index (χ0n) is 15.6. The Morgan fingerprint density at radius 3 is 2.32 bits per heavy atom. The molecule has 3 rings (SSSR count). The number of nitrogen functional groups attached to an aromatic ring is 1. The molecule has 0 saturated heterocycles. The van der Waals surface area contributed by atoms with Crippen LogP contribution in [-0.2, 0) is 6.42 Å². The molecular weight excluding hydrogens is 348 g/mol. The third kappa shape index (κ3) is 5.32. The number of nitrogens with two attached hydrogens (primary N) is 1. The molecule has 28 heavy (non-hydrogen) atoms. The third-order valence-electron chi connectivity index (χ3n) is 4.46. The Balaban J connectivity index is 1.78. The minimum absolute atomic E-state index is 0.134. The summed E-state index contributed by atoms with van der Waals surface area (Å²) in [4.78, 5) is 12.9. The first kappa shape index (κ1) is 19.4. The topological polar surface area (TPSA) is 75.4 Å². The van der Waals surface area contributed by atoms with Crippen LogP contribution in [-0.4, -0.2) is 23.7 Å². The number of anilines is 1. The lowest BCUT2D eigenvalue weighted by Gasteiger charge is -2.17. The van der Waals surface area contributed by atoms with E-state index in [2.05, 4.69) is 5.32 Å². The maximum absolute atomic E-state index is 12.9. The van der Waals surface area contributed by atoms with E-state index in [-0.39, 0.29) is 18.6 Å². The molecule has 142 valence electrons. The Labute approximate surface area is 165 Å². The summed E-state index contributed by atoms with van der Waals surface area (Å²) in [6.07, 6.45) is 4.39. The van der Waals surface area contributed by atoms with E-state index in [0.29, 0.717) is 17.7 Å². The largest absolute Gasteiger partial charge is 0.399 e. The van der Waals surface area contributed by atoms with Crippen LogP contribution in [0, 0.1) is 0 Å². The van der Waals surface area contributed by atoms with Gasteiger partial charge in [0.05, 0.1) is 12.6 Å². The highest BCUT2D eigenvalue weighted by Gasteiger charge is 2.16. The number of hydrogen-bond donors (Lipinski definition) is 3. The molecule has 0 aliphatic heterocycles. The molecule has 0 saturated carbocycles. The van der Waals surface area contributed by atoms with Gasteiger partial charge in [0.25, 0.3) is 5.91 Å². The second-order valence-electron chi connectivity index (χ2n) is 6.63. The highest BCUT2D eigenvalue weighted by molar-refractivity contribution is 5.99. The van der Waals surface area contributed by atoms with Gasteiger partial charge in [0.2, 0.25) is 0 Å². The number of nitrogens with one attached hydrogen (secondary N) is 1. The summed E-state index contributed by atoms with van der Waals surface area (Å²) in [6, 6.07) is 24.5. The molecule has 4 heteroatoms. The van der Waals surface area contributed by atoms with Crippen molar-refractivity contribution < 1.29 is 9.90 Å². The monoisotopic (exact) mass is 372 g/mol. The van der Waals surface area contributed by atoms with Crippen molar-refractivity contribution in [3.05, 3.63) is 101 Å². The number of benzene rings is 3. The van der Waals surface area contributed by atoms with Gasteiger partial charge >= 0.3 is 0 Å². The molecule has 4 N–H and O–H groups in total. The van der Waals surface area contributed by atoms with E-state index in [4.69, 9.17) is 5.73 Å². The molecule has 0 fully saturated rings. The predicted octanol–water partition coefficient (Wildman–Crippen LogP) is 3.77. The fraction of sp³-hybridized carbons (Fsp3) is 0.125. The molecule has 0 spiro atoms. The average molecular weight is 372 g/mol. The maximum atomic E-state index is 12.9. The summed E-state index contributed by atoms with van der Waals surface area (Å²) in [7, 11) is 0. The minimum atomic E-state index is -0.363. The summed E-state index contributed by atoms with van der Waals surface area (Å²) < 4.78 is 0. The first-order valence-corrected chi connectivity index (χ1v) is 9.24. The summed E-state index contributed by atoms with van der Waals surface area (Å²) in [5.41, 5.74) is 9.86. The van der Waals surface area contributed by atoms with Crippen molar-refractivity contribution in [2.24, 2.45) is 0 Å². The molecule has 0 aromatic heterocycles. The van der Waals surface area contributed by atoms with E-state index in [1.807, 2.05) is 72.8 Å². The fourth-order valence-corrected chi connectivity index (χ4v) is 3.00. The van der Waals surface area contributed by atoms with Crippen LogP contribution in [0.1, 0.15) is 27.0 Å². The Morgan fingerprint density at radius 2 is 1.64 bits per heavy atom. The lowest BCUT2D eigenvalue weighted by Crippen LogP contribution is -2.39. The van der Waals surface area contributed by atoms with Crippen molar-refractivity contribution in [3.63, 3.8) is 0 Å². The molecule has 0 radical (unpaired) electrons. The van der Waals surface area contributed by atoms with Crippen LogP contribution in [0.2, 0.25) is 0 Å². The number of carbonyl (C=O) groups excluding carboxylic acids is 1. The van der Waals surface area contributed by atoms with Crippen molar-refractivity contribution in [2.75, 3.05) is 12.3 Å². The first-order valence-electron chi connectivity index (χ1n) is 9.24. The van der Waals surface area contributed by atoms with Gasteiger partial charge in [-0.05, 0) is 41.3 Å². The van der Waals surface area contributed by atoms with E-state index in [0.717, 1.165) is 16.7 Å². The molecule has 1 unspecified atom stereocenters. The van der Waals surface area contributed by atoms with Gasteiger partial charge in [0.15, 0.2) is 0 Å². The van der Waals surface area contributed by atoms with Crippen LogP contribution in [0.3, 0.4) is 0 Å². The molecule has 3 aromatic rings. The van der Waals surface area contributed by atoms with E-state index in [9.17, 15) is 9.90 Å². The lowest BCUT2D eigenvalue weighted by atomic mass is 10.0. The Kier molecular flexibility index (Phi) is 6.60. The van der Waals surface area contributed by atoms with Gasteiger partial charge in [-0.15, -0.1) is 0 Å². The number of carbonyl (C=O) groups is 1. The molecule has 4 nitrogen and oxygen atoms in total. The molecule has 0 aliphatic carbocycles. The second-order valence-corrected chi connectivity index (χ2v) is 6.63. The van der Waals surface area contributed by atoms with Crippen molar-refractivity contribution in [3.8, 4) is 0 Å². The maximum Gasteiger partial charge on any atom is 0.252 e. The van der Waals surface area contributed by atoms with Crippen molar-refractivity contribution in [2.45, 2.75) is 12.5 Å².